The summed E-state index contributed by atoms with van der Waals surface area (Å²) in [5.74, 6) is -1.66. The van der Waals surface area contributed by atoms with Crippen LogP contribution in [0.25, 0.3) is 0 Å². The predicted octanol–water partition coefficient (Wildman–Crippen LogP) is -0.518. The molecule has 4 radical (unpaired) electrons. The van der Waals surface area contributed by atoms with E-state index < -0.39 is 21.0 Å². The van der Waals surface area contributed by atoms with Crippen molar-refractivity contribution in [1.82, 2.24) is 0 Å². The van der Waals surface area contributed by atoms with Crippen molar-refractivity contribution in [2.24, 2.45) is 0 Å². The molecule has 0 amide bonds. The molecule has 11 heavy (non-hydrogen) atoms. The maximum Gasteiger partial charge on any atom is 0.349 e. The summed E-state index contributed by atoms with van der Waals surface area (Å²) < 4.78 is 28.4. The van der Waals surface area contributed by atoms with Crippen LogP contribution in [0.2, 0.25) is 0 Å². The van der Waals surface area contributed by atoms with Gasteiger partial charge in [-0.1, -0.05) is 6.08 Å². The van der Waals surface area contributed by atoms with Crippen molar-refractivity contribution >= 4 is 43.4 Å². The molecule has 0 atom stereocenters. The van der Waals surface area contributed by atoms with Gasteiger partial charge in [-0.05, 0) is 6.92 Å². The van der Waals surface area contributed by atoms with Crippen LogP contribution in [-0.4, -0.2) is 51.3 Å². The Bertz CT molecular complexity index is 264. The van der Waals surface area contributed by atoms with E-state index in [0.29, 0.717) is 0 Å². The first-order valence-corrected chi connectivity index (χ1v) is 3.70. The molecular weight excluding hydrogens is 367 g/mol. The largest absolute Gasteiger partial charge is 0.477 e. The summed E-state index contributed by atoms with van der Waals surface area (Å²) >= 11 is 0. The van der Waals surface area contributed by atoms with E-state index in [4.69, 9.17) is 9.66 Å². The third-order valence-corrected chi connectivity index (χ3v) is 1.72. The van der Waals surface area contributed by atoms with Gasteiger partial charge in [0, 0.05) is 27.3 Å². The van der Waals surface area contributed by atoms with Gasteiger partial charge in [0.1, 0.15) is 0 Å². The van der Waals surface area contributed by atoms with Crippen molar-refractivity contribution in [3.05, 3.63) is 11.0 Å². The second kappa shape index (κ2) is 4.83. The van der Waals surface area contributed by atoms with Crippen molar-refractivity contribution < 1.29 is 22.9 Å². The van der Waals surface area contributed by atoms with Crippen molar-refractivity contribution in [1.29, 1.82) is 0 Å². The Morgan fingerprint density at radius 2 is 1.82 bits per heavy atom. The van der Waals surface area contributed by atoms with Crippen LogP contribution in [-0.2, 0) is 14.9 Å². The minimum Gasteiger partial charge on any atom is -0.477 e. The number of carboxylic acids is 1. The molecule has 0 aliphatic heterocycles. The van der Waals surface area contributed by atoms with Crippen LogP contribution >= 0.6 is 0 Å². The van der Waals surface area contributed by atoms with E-state index >= 15 is 0 Å². The molecular formula is C4H6O5PbS. The van der Waals surface area contributed by atoms with Gasteiger partial charge in [0.05, 0.1) is 0 Å². The summed E-state index contributed by atoms with van der Waals surface area (Å²) in [6, 6.07) is 0. The minimum atomic E-state index is -4.55. The zero-order chi connectivity index (χ0) is 8.36. The molecule has 0 aliphatic rings. The van der Waals surface area contributed by atoms with Crippen LogP contribution in [0.3, 0.4) is 0 Å². The van der Waals surface area contributed by atoms with Gasteiger partial charge in [-0.2, -0.15) is 8.42 Å². The van der Waals surface area contributed by atoms with Crippen molar-refractivity contribution in [3.8, 4) is 0 Å². The number of rotatable bonds is 2. The fraction of sp³-hybridized carbons (Fsp3) is 0.250. The van der Waals surface area contributed by atoms with Crippen LogP contribution < -0.4 is 0 Å². The number of carboxylic acid groups (broad SMARTS) is 1. The van der Waals surface area contributed by atoms with E-state index in [2.05, 4.69) is 0 Å². The zero-order valence-corrected chi connectivity index (χ0v) is 10.3. The summed E-state index contributed by atoms with van der Waals surface area (Å²) in [7, 11) is -4.55. The van der Waals surface area contributed by atoms with E-state index in [0.717, 1.165) is 6.08 Å². The summed E-state index contributed by atoms with van der Waals surface area (Å²) in [5.41, 5.74) is 0. The molecule has 0 saturated carbocycles. The Hall–Kier alpha value is 0.0421. The van der Waals surface area contributed by atoms with E-state index in [1.807, 2.05) is 0 Å². The molecule has 0 unspecified atom stereocenters. The van der Waals surface area contributed by atoms with Gasteiger partial charge in [-0.3, -0.25) is 4.55 Å². The Morgan fingerprint density at radius 3 is 1.82 bits per heavy atom. The van der Waals surface area contributed by atoms with Crippen molar-refractivity contribution in [2.45, 2.75) is 6.92 Å². The number of aliphatic carboxylic acids is 1. The second-order valence-corrected chi connectivity index (χ2v) is 2.82. The molecule has 0 spiro atoms. The third-order valence-electron chi connectivity index (χ3n) is 0.751. The van der Waals surface area contributed by atoms with Crippen LogP contribution in [0.5, 0.6) is 0 Å². The molecule has 0 aliphatic carbocycles. The van der Waals surface area contributed by atoms with Gasteiger partial charge < -0.3 is 5.11 Å². The topological polar surface area (TPSA) is 91.7 Å². The second-order valence-electron chi connectivity index (χ2n) is 1.43. The van der Waals surface area contributed by atoms with Gasteiger partial charge in [0.2, 0.25) is 0 Å². The minimum absolute atomic E-state index is 0. The first-order chi connectivity index (χ1) is 4.39. The fourth-order valence-corrected chi connectivity index (χ4v) is 0.901. The smallest absolute Gasteiger partial charge is 0.349 e. The zero-order valence-electron chi connectivity index (χ0n) is 5.60. The first-order valence-electron chi connectivity index (χ1n) is 2.26. The standard InChI is InChI=1S/C4H6O5S.Pb/c1-2-3(4(5)6)10(7,8)9;/h2H,1H3,(H,5,6)(H,7,8,9);/b3-2+;. The van der Waals surface area contributed by atoms with Gasteiger partial charge in [0.25, 0.3) is 0 Å². The van der Waals surface area contributed by atoms with Crippen molar-refractivity contribution in [2.75, 3.05) is 0 Å². The summed E-state index contributed by atoms with van der Waals surface area (Å²) in [5, 5.41) is 8.10. The Kier molecular flexibility index (Phi) is 5.98. The molecule has 0 saturated heterocycles. The number of allylic oxidation sites excluding steroid dienone is 1. The van der Waals surface area contributed by atoms with Crippen LogP contribution in [0.1, 0.15) is 6.92 Å². The molecule has 0 aromatic rings. The molecule has 7 heteroatoms. The maximum absolute atomic E-state index is 10.1. The van der Waals surface area contributed by atoms with E-state index in [9.17, 15) is 13.2 Å². The van der Waals surface area contributed by atoms with E-state index in [1.54, 1.807) is 0 Å². The van der Waals surface area contributed by atoms with Crippen molar-refractivity contribution in [3.63, 3.8) is 0 Å². The quantitative estimate of drug-likeness (QED) is 0.386. The monoisotopic (exact) mass is 374 g/mol. The number of carbonyl (C=O) groups is 1. The normalized spacial score (nSPS) is 12.0. The van der Waals surface area contributed by atoms with Crippen LogP contribution in [0, 0.1) is 0 Å². The average molecular weight is 373 g/mol. The Balaban J connectivity index is 0. The van der Waals surface area contributed by atoms with E-state index in [1.165, 1.54) is 6.92 Å². The Morgan fingerprint density at radius 1 is 1.45 bits per heavy atom. The number of hydrogen-bond donors (Lipinski definition) is 2. The van der Waals surface area contributed by atoms with Gasteiger partial charge >= 0.3 is 16.1 Å². The predicted molar refractivity (Wildman–Crippen MR) is 38.7 cm³/mol. The molecule has 0 heterocycles. The SMILES string of the molecule is C/C=C(\C(=O)O)S(=O)(=O)O.[Pb]. The molecule has 5 nitrogen and oxygen atoms in total. The summed E-state index contributed by atoms with van der Waals surface area (Å²) in [6.07, 6.45) is 0.803. The maximum atomic E-state index is 10.1. The van der Waals surface area contributed by atoms with E-state index in [-0.39, 0.29) is 27.3 Å². The molecule has 0 fully saturated rings. The summed E-state index contributed by atoms with van der Waals surface area (Å²) in [4.78, 5) is 8.96. The molecule has 0 aromatic heterocycles. The molecule has 2 N–H and O–H groups in total. The fourth-order valence-electron chi connectivity index (χ4n) is 0.383. The Labute approximate surface area is 84.0 Å². The van der Waals surface area contributed by atoms with Gasteiger partial charge in [-0.25, -0.2) is 4.79 Å². The van der Waals surface area contributed by atoms with Gasteiger partial charge in [0.15, 0.2) is 4.91 Å². The summed E-state index contributed by atoms with van der Waals surface area (Å²) in [6.45, 7) is 1.21. The van der Waals surface area contributed by atoms with Gasteiger partial charge in [-0.15, -0.1) is 0 Å². The van der Waals surface area contributed by atoms with Crippen LogP contribution in [0.15, 0.2) is 11.0 Å². The number of hydrogen-bond acceptors (Lipinski definition) is 3. The first kappa shape index (κ1) is 13.6. The molecule has 0 rings (SSSR count). The average Bonchev–Trinajstić information content (AvgIpc) is 1.60. The molecule has 62 valence electrons. The third kappa shape index (κ3) is 4.48. The molecule has 0 bridgehead atoms. The molecule has 0 aromatic carbocycles. The van der Waals surface area contributed by atoms with Crippen LogP contribution in [0.4, 0.5) is 0 Å².